The van der Waals surface area contributed by atoms with Gasteiger partial charge in [0.2, 0.25) is 0 Å². The van der Waals surface area contributed by atoms with E-state index in [4.69, 9.17) is 8.83 Å². The Morgan fingerprint density at radius 2 is 0.781 bits per heavy atom. The number of nitrogens with zero attached hydrogens (tertiary/aromatic N) is 1. The Bertz CT molecular complexity index is 3690. The fraction of sp³-hybridized carbons (Fsp3) is 0.0164. The van der Waals surface area contributed by atoms with Crippen LogP contribution in [0.2, 0.25) is 0 Å². The molecule has 0 saturated carbocycles. The summed E-state index contributed by atoms with van der Waals surface area (Å²) in [6.45, 7) is 0. The summed E-state index contributed by atoms with van der Waals surface area (Å²) in [6.07, 6.45) is 0. The molecule has 2 heterocycles. The number of fused-ring (bicyclic) bond motifs is 9. The second-order valence-corrected chi connectivity index (χ2v) is 16.8. The van der Waals surface area contributed by atoms with Crippen LogP contribution in [0.25, 0.3) is 77.3 Å². The van der Waals surface area contributed by atoms with Gasteiger partial charge in [-0.3, -0.25) is 0 Å². The Hall–Kier alpha value is -8.40. The van der Waals surface area contributed by atoms with Gasteiger partial charge < -0.3 is 13.7 Å². The molecule has 3 nitrogen and oxygen atoms in total. The minimum atomic E-state index is -0.484. The summed E-state index contributed by atoms with van der Waals surface area (Å²) < 4.78 is 13.1. The van der Waals surface area contributed by atoms with Gasteiger partial charge in [0.15, 0.2) is 0 Å². The number of furan rings is 2. The van der Waals surface area contributed by atoms with E-state index in [9.17, 15) is 0 Å². The van der Waals surface area contributed by atoms with Crippen molar-refractivity contribution in [3.8, 4) is 33.4 Å². The van der Waals surface area contributed by atoms with Crippen molar-refractivity contribution in [3.63, 3.8) is 0 Å². The minimum Gasteiger partial charge on any atom is -0.455 e. The van der Waals surface area contributed by atoms with Gasteiger partial charge in [-0.25, -0.2) is 0 Å². The van der Waals surface area contributed by atoms with Crippen LogP contribution in [0.4, 0.5) is 17.1 Å². The zero-order chi connectivity index (χ0) is 42.2. The lowest BCUT2D eigenvalue weighted by Gasteiger charge is -2.34. The molecule has 10 aromatic carbocycles. The monoisotopic (exact) mass is 817 g/mol. The Morgan fingerprint density at radius 3 is 1.44 bits per heavy atom. The standard InChI is InChI=1S/C61H39NO2/c1-3-17-42(18-4-1)61(43-19-5-2-6-20-43)55-29-10-7-22-49(55)54-39-46(36-37-56(54)61)62(44-34-32-40(33-35-44)47-25-14-27-52-50-23-8-11-30-57(50)63-59(47)52)45-21-13-16-41(38-45)48-26-15-28-53-51-24-9-12-31-58(51)64-60(48)53/h1-39H. The van der Waals surface area contributed by atoms with Crippen molar-refractivity contribution in [2.75, 3.05) is 4.90 Å². The highest BCUT2D eigenvalue weighted by Crippen LogP contribution is 2.57. The number of benzene rings is 10. The molecule has 0 amide bonds. The normalized spacial score (nSPS) is 12.8. The molecule has 0 radical (unpaired) electrons. The van der Waals surface area contributed by atoms with Crippen LogP contribution in [0.3, 0.4) is 0 Å². The van der Waals surface area contributed by atoms with E-state index < -0.39 is 5.41 Å². The molecule has 0 unspecified atom stereocenters. The lowest BCUT2D eigenvalue weighted by atomic mass is 9.68. The highest BCUT2D eigenvalue weighted by Gasteiger charge is 2.46. The number of hydrogen-bond acceptors (Lipinski definition) is 3. The van der Waals surface area contributed by atoms with E-state index in [-0.39, 0.29) is 0 Å². The quantitative estimate of drug-likeness (QED) is 0.160. The first-order valence-electron chi connectivity index (χ1n) is 21.9. The molecule has 0 fully saturated rings. The maximum atomic E-state index is 6.57. The van der Waals surface area contributed by atoms with Crippen LogP contribution < -0.4 is 4.90 Å². The third-order valence-electron chi connectivity index (χ3n) is 13.4. The largest absolute Gasteiger partial charge is 0.455 e. The van der Waals surface area contributed by atoms with Crippen LogP contribution in [0.15, 0.2) is 245 Å². The van der Waals surface area contributed by atoms with Crippen molar-refractivity contribution in [1.82, 2.24) is 0 Å². The molecule has 0 bridgehead atoms. The van der Waals surface area contributed by atoms with Gasteiger partial charge in [-0.05, 0) is 93.0 Å². The summed E-state index contributed by atoms with van der Waals surface area (Å²) in [6, 6.07) is 85.2. The van der Waals surface area contributed by atoms with Crippen molar-refractivity contribution < 1.29 is 8.83 Å². The molecule has 12 aromatic rings. The van der Waals surface area contributed by atoms with Crippen LogP contribution in [0, 0.1) is 0 Å². The van der Waals surface area contributed by atoms with Crippen molar-refractivity contribution in [1.29, 1.82) is 0 Å². The van der Waals surface area contributed by atoms with Gasteiger partial charge in [0, 0.05) is 49.7 Å². The van der Waals surface area contributed by atoms with Crippen LogP contribution in [0.5, 0.6) is 0 Å². The minimum absolute atomic E-state index is 0.484. The van der Waals surface area contributed by atoms with Gasteiger partial charge in [0.1, 0.15) is 22.3 Å². The molecule has 0 saturated heterocycles. The fourth-order valence-electron chi connectivity index (χ4n) is 10.6. The van der Waals surface area contributed by atoms with Gasteiger partial charge in [-0.2, -0.15) is 0 Å². The lowest BCUT2D eigenvalue weighted by Crippen LogP contribution is -2.28. The molecule has 0 spiro atoms. The van der Waals surface area contributed by atoms with Crippen molar-refractivity contribution in [3.05, 3.63) is 259 Å². The predicted octanol–water partition coefficient (Wildman–Crippen LogP) is 16.7. The van der Waals surface area contributed by atoms with E-state index in [1.165, 1.54) is 33.4 Å². The first-order valence-corrected chi connectivity index (χ1v) is 21.9. The summed E-state index contributed by atoms with van der Waals surface area (Å²) >= 11 is 0. The molecule has 2 aromatic heterocycles. The van der Waals surface area contributed by atoms with Gasteiger partial charge in [0.05, 0.1) is 5.41 Å². The zero-order valence-electron chi connectivity index (χ0n) is 34.8. The molecule has 0 N–H and O–H groups in total. The van der Waals surface area contributed by atoms with Gasteiger partial charge in [-0.15, -0.1) is 0 Å². The SMILES string of the molecule is c1ccc(C2(c3ccccc3)c3ccccc3-c3cc(N(c4ccc(-c5cccc6c5oc5ccccc56)cc4)c4cccc(-c5cccc6c5oc5ccccc56)c4)ccc32)cc1. The maximum Gasteiger partial charge on any atom is 0.143 e. The second-order valence-electron chi connectivity index (χ2n) is 16.8. The maximum absolute atomic E-state index is 6.57. The third-order valence-corrected chi connectivity index (χ3v) is 13.4. The highest BCUT2D eigenvalue weighted by molar-refractivity contribution is 6.11. The summed E-state index contributed by atoms with van der Waals surface area (Å²) in [5.74, 6) is 0. The molecule has 13 rings (SSSR count). The van der Waals surface area contributed by atoms with Crippen LogP contribution in [0.1, 0.15) is 22.3 Å². The number of hydrogen-bond donors (Lipinski definition) is 0. The molecule has 64 heavy (non-hydrogen) atoms. The Morgan fingerprint density at radius 1 is 0.297 bits per heavy atom. The van der Waals surface area contributed by atoms with E-state index in [2.05, 4.69) is 217 Å². The van der Waals surface area contributed by atoms with E-state index in [1.54, 1.807) is 0 Å². The Balaban J connectivity index is 1.01. The topological polar surface area (TPSA) is 29.5 Å². The fourth-order valence-corrected chi connectivity index (χ4v) is 10.6. The van der Waals surface area contributed by atoms with Crippen LogP contribution >= 0.6 is 0 Å². The van der Waals surface area contributed by atoms with Crippen molar-refractivity contribution in [2.45, 2.75) is 5.41 Å². The Labute approximate surface area is 370 Å². The van der Waals surface area contributed by atoms with Crippen molar-refractivity contribution >= 4 is 60.9 Å². The summed E-state index contributed by atoms with van der Waals surface area (Å²) in [5, 5.41) is 4.48. The average molecular weight is 818 g/mol. The third kappa shape index (κ3) is 5.41. The van der Waals surface area contributed by atoms with E-state index in [0.717, 1.165) is 83.2 Å². The Kier molecular flexibility index (Phi) is 8.13. The number of para-hydroxylation sites is 4. The van der Waals surface area contributed by atoms with Crippen molar-refractivity contribution in [2.24, 2.45) is 0 Å². The highest BCUT2D eigenvalue weighted by atomic mass is 16.3. The average Bonchev–Trinajstić information content (AvgIpc) is 4.04. The molecular formula is C61H39NO2. The molecular weight excluding hydrogens is 779 g/mol. The van der Waals surface area contributed by atoms with Crippen LogP contribution in [-0.4, -0.2) is 0 Å². The number of anilines is 3. The molecule has 0 atom stereocenters. The van der Waals surface area contributed by atoms with E-state index >= 15 is 0 Å². The zero-order valence-corrected chi connectivity index (χ0v) is 34.8. The molecule has 0 aliphatic heterocycles. The smallest absolute Gasteiger partial charge is 0.143 e. The van der Waals surface area contributed by atoms with Gasteiger partial charge in [-0.1, -0.05) is 188 Å². The van der Waals surface area contributed by atoms with E-state index in [0.29, 0.717) is 0 Å². The predicted molar refractivity (Wildman–Crippen MR) is 264 cm³/mol. The van der Waals surface area contributed by atoms with Gasteiger partial charge in [0.25, 0.3) is 0 Å². The molecule has 1 aliphatic carbocycles. The number of rotatable bonds is 7. The first kappa shape index (κ1) is 36.3. The van der Waals surface area contributed by atoms with E-state index in [1.807, 2.05) is 24.3 Å². The summed E-state index contributed by atoms with van der Waals surface area (Å²) in [7, 11) is 0. The second kappa shape index (κ2) is 14.3. The first-order chi connectivity index (χ1) is 31.7. The summed E-state index contributed by atoms with van der Waals surface area (Å²) in [5.41, 5.74) is 18.1. The van der Waals surface area contributed by atoms with Crippen LogP contribution in [-0.2, 0) is 5.41 Å². The molecule has 1 aliphatic rings. The summed E-state index contributed by atoms with van der Waals surface area (Å²) in [4.78, 5) is 2.39. The molecule has 3 heteroatoms. The molecule has 300 valence electrons. The lowest BCUT2D eigenvalue weighted by molar-refractivity contribution is 0.669. The van der Waals surface area contributed by atoms with Gasteiger partial charge >= 0.3 is 0 Å².